The van der Waals surface area contributed by atoms with Crippen LogP contribution in [0.15, 0.2) is 120 Å². The summed E-state index contributed by atoms with van der Waals surface area (Å²) in [6.07, 6.45) is 0. The molecule has 0 aliphatic heterocycles. The lowest BCUT2D eigenvalue weighted by molar-refractivity contribution is 0.318. The van der Waals surface area contributed by atoms with Gasteiger partial charge in [-0.1, -0.05) is 69.9 Å². The Kier molecular flexibility index (Phi) is 11.8. The highest BCUT2D eigenvalue weighted by atomic mass is 35.5. The van der Waals surface area contributed by atoms with Gasteiger partial charge in [-0.15, -0.1) is 0 Å². The maximum absolute atomic E-state index is 13.7. The van der Waals surface area contributed by atoms with Crippen LogP contribution in [0.3, 0.4) is 0 Å². The van der Waals surface area contributed by atoms with E-state index < -0.39 is 5.82 Å². The number of methoxy groups -OCH3 is 1. The number of phenols is 2. The molecule has 0 unspecified atom stereocenters. The normalized spacial score (nSPS) is 11.5. The molecule has 0 saturated heterocycles. The van der Waals surface area contributed by atoms with Crippen LogP contribution in [0.5, 0.6) is 17.2 Å². The fourth-order valence-electron chi connectivity index (χ4n) is 6.00. The van der Waals surface area contributed by atoms with Gasteiger partial charge in [0, 0.05) is 43.9 Å². The van der Waals surface area contributed by atoms with E-state index in [2.05, 4.69) is 10.3 Å². The Morgan fingerprint density at radius 1 is 0.585 bits per heavy atom. The van der Waals surface area contributed by atoms with Gasteiger partial charge in [0.15, 0.2) is 11.7 Å². The molecule has 0 fully saturated rings. The first-order valence-corrected chi connectivity index (χ1v) is 16.7. The van der Waals surface area contributed by atoms with Crippen molar-refractivity contribution in [3.8, 4) is 61.8 Å². The SMILES string of the molecule is COc1cc(F)ccc1-c1c(C(N)=NO)cc(Cl)cc1-c1ccc(O)cc1.Cc1cc(Cl)cc(-c2c(C(N)=NO)cc(C)cc2-c2ccc(O)cc2)c1. The van der Waals surface area contributed by atoms with Gasteiger partial charge in [0.25, 0.3) is 0 Å². The van der Waals surface area contributed by atoms with E-state index in [1.54, 1.807) is 42.5 Å². The Labute approximate surface area is 315 Å². The van der Waals surface area contributed by atoms with Gasteiger partial charge >= 0.3 is 0 Å². The monoisotopic (exact) mass is 752 g/mol. The van der Waals surface area contributed by atoms with Gasteiger partial charge in [-0.05, 0) is 120 Å². The molecule has 270 valence electrons. The summed E-state index contributed by atoms with van der Waals surface area (Å²) in [5.74, 6) is 0.00209. The van der Waals surface area contributed by atoms with Gasteiger partial charge in [-0.25, -0.2) is 4.39 Å². The molecule has 0 aliphatic carbocycles. The van der Waals surface area contributed by atoms with Crippen molar-refractivity contribution in [1.29, 1.82) is 0 Å². The molecule has 6 aromatic rings. The topological polar surface area (TPSA) is 167 Å². The van der Waals surface area contributed by atoms with Crippen LogP contribution in [0.1, 0.15) is 22.3 Å². The van der Waals surface area contributed by atoms with Gasteiger partial charge in [-0.3, -0.25) is 0 Å². The van der Waals surface area contributed by atoms with Crippen LogP contribution in [0.4, 0.5) is 4.39 Å². The molecular formula is C41H35Cl2FN4O5. The van der Waals surface area contributed by atoms with E-state index in [9.17, 15) is 25.0 Å². The van der Waals surface area contributed by atoms with Crippen LogP contribution in [0, 0.1) is 19.7 Å². The molecule has 9 nitrogen and oxygen atoms in total. The van der Waals surface area contributed by atoms with Crippen molar-refractivity contribution in [1.82, 2.24) is 0 Å². The summed E-state index contributed by atoms with van der Waals surface area (Å²) in [5.41, 5.74) is 20.8. The summed E-state index contributed by atoms with van der Waals surface area (Å²) >= 11 is 12.5. The lowest BCUT2D eigenvalue weighted by atomic mass is 9.88. The molecule has 0 spiro atoms. The average Bonchev–Trinajstić information content (AvgIpc) is 3.14. The Balaban J connectivity index is 0.000000204. The minimum Gasteiger partial charge on any atom is -0.508 e. The number of aromatic hydroxyl groups is 2. The highest BCUT2D eigenvalue weighted by molar-refractivity contribution is 6.32. The van der Waals surface area contributed by atoms with Gasteiger partial charge in [0.2, 0.25) is 0 Å². The van der Waals surface area contributed by atoms with Crippen molar-refractivity contribution >= 4 is 34.9 Å². The number of hydrogen-bond donors (Lipinski definition) is 6. The zero-order chi connectivity index (χ0) is 38.4. The molecule has 0 aromatic heterocycles. The Morgan fingerprint density at radius 2 is 1.09 bits per heavy atom. The van der Waals surface area contributed by atoms with Crippen LogP contribution in [0.25, 0.3) is 44.5 Å². The zero-order valence-corrected chi connectivity index (χ0v) is 30.3. The summed E-state index contributed by atoms with van der Waals surface area (Å²) in [7, 11) is 1.43. The summed E-state index contributed by atoms with van der Waals surface area (Å²) in [6, 6.07) is 30.4. The lowest BCUT2D eigenvalue weighted by Crippen LogP contribution is -2.15. The molecule has 53 heavy (non-hydrogen) atoms. The van der Waals surface area contributed by atoms with Crippen molar-refractivity contribution < 1.29 is 29.8 Å². The number of amidine groups is 2. The third-order valence-corrected chi connectivity index (χ3v) is 8.71. The first kappa shape index (κ1) is 38.0. The Hall–Kier alpha value is -6.23. The third kappa shape index (κ3) is 8.64. The van der Waals surface area contributed by atoms with Crippen molar-refractivity contribution in [2.75, 3.05) is 7.11 Å². The number of aryl methyl sites for hydroxylation is 2. The van der Waals surface area contributed by atoms with Crippen LogP contribution in [-0.4, -0.2) is 39.4 Å². The highest BCUT2D eigenvalue weighted by Crippen LogP contribution is 2.42. The smallest absolute Gasteiger partial charge is 0.170 e. The minimum absolute atomic E-state index is 0.0290. The lowest BCUT2D eigenvalue weighted by Gasteiger charge is -2.18. The Bertz CT molecular complexity index is 2330. The van der Waals surface area contributed by atoms with Crippen LogP contribution < -0.4 is 16.2 Å². The first-order chi connectivity index (χ1) is 25.3. The third-order valence-electron chi connectivity index (χ3n) is 8.27. The maximum atomic E-state index is 13.7. The number of benzene rings is 6. The van der Waals surface area contributed by atoms with E-state index in [0.717, 1.165) is 38.9 Å². The quantitative estimate of drug-likeness (QED) is 0.0409. The van der Waals surface area contributed by atoms with Crippen molar-refractivity contribution in [2.24, 2.45) is 21.8 Å². The summed E-state index contributed by atoms with van der Waals surface area (Å²) in [6.45, 7) is 3.91. The molecule has 0 radical (unpaired) electrons. The average molecular weight is 754 g/mol. The van der Waals surface area contributed by atoms with Gasteiger partial charge in [-0.2, -0.15) is 0 Å². The molecule has 8 N–H and O–H groups in total. The van der Waals surface area contributed by atoms with E-state index in [-0.39, 0.29) is 28.9 Å². The summed E-state index contributed by atoms with van der Waals surface area (Å²) in [5, 5.41) is 44.9. The number of nitrogens with two attached hydrogens (primary N) is 2. The van der Waals surface area contributed by atoms with E-state index in [0.29, 0.717) is 37.9 Å². The molecular weight excluding hydrogens is 718 g/mol. The first-order valence-electron chi connectivity index (χ1n) is 16.0. The maximum Gasteiger partial charge on any atom is 0.170 e. The number of ether oxygens (including phenoxy) is 1. The molecule has 0 aliphatic rings. The zero-order valence-electron chi connectivity index (χ0n) is 28.8. The standard InChI is InChI=1S/C21H19ClN2O2.C20H16ClFN2O3/c1-12-7-15(11-16(22)8-12)20-18(14-3-5-17(25)6-4-14)9-13(2)10-19(20)21(23)24-26;1-27-18-10-13(22)4-7-15(18)19-16(11-2-5-14(25)6-3-11)8-12(21)9-17(19)20(23)24-26/h3-11,25-26H,1-2H3,(H2,23,24);2-10,25-26H,1H3,(H2,23,24). The summed E-state index contributed by atoms with van der Waals surface area (Å²) in [4.78, 5) is 0. The Morgan fingerprint density at radius 3 is 1.62 bits per heavy atom. The second-order valence-electron chi connectivity index (χ2n) is 12.0. The second-order valence-corrected chi connectivity index (χ2v) is 12.9. The number of oxime groups is 2. The van der Waals surface area contributed by atoms with Crippen LogP contribution >= 0.6 is 23.2 Å². The second kappa shape index (κ2) is 16.4. The predicted octanol–water partition coefficient (Wildman–Crippen LogP) is 9.71. The predicted molar refractivity (Wildman–Crippen MR) is 209 cm³/mol. The molecule has 0 atom stereocenters. The largest absolute Gasteiger partial charge is 0.508 e. The van der Waals surface area contributed by atoms with E-state index in [1.807, 2.05) is 56.3 Å². The van der Waals surface area contributed by atoms with Crippen molar-refractivity contribution in [3.63, 3.8) is 0 Å². The molecule has 6 aromatic carbocycles. The minimum atomic E-state index is -0.457. The highest BCUT2D eigenvalue weighted by Gasteiger charge is 2.21. The van der Waals surface area contributed by atoms with E-state index >= 15 is 0 Å². The summed E-state index contributed by atoms with van der Waals surface area (Å²) < 4.78 is 19.0. The molecule has 0 bridgehead atoms. The van der Waals surface area contributed by atoms with Crippen molar-refractivity contribution in [3.05, 3.63) is 147 Å². The van der Waals surface area contributed by atoms with E-state index in [1.165, 1.54) is 31.4 Å². The van der Waals surface area contributed by atoms with E-state index in [4.69, 9.17) is 39.4 Å². The molecule has 0 saturated carbocycles. The van der Waals surface area contributed by atoms with Crippen LogP contribution in [-0.2, 0) is 0 Å². The molecule has 12 heteroatoms. The number of rotatable bonds is 7. The van der Waals surface area contributed by atoms with Gasteiger partial charge in [0.1, 0.15) is 23.1 Å². The van der Waals surface area contributed by atoms with Gasteiger partial charge < -0.3 is 36.8 Å². The molecule has 6 rings (SSSR count). The number of nitrogens with zero attached hydrogens (tertiary/aromatic N) is 2. The molecule has 0 amide bonds. The fourth-order valence-corrected chi connectivity index (χ4v) is 6.50. The fraction of sp³-hybridized carbons (Fsp3) is 0.0732. The van der Waals surface area contributed by atoms with Crippen molar-refractivity contribution in [2.45, 2.75) is 13.8 Å². The number of hydrogen-bond acceptors (Lipinski definition) is 7. The number of phenolic OH excluding ortho intramolecular Hbond substituents is 2. The molecule has 0 heterocycles. The number of halogens is 3. The van der Waals surface area contributed by atoms with Gasteiger partial charge in [0.05, 0.1) is 7.11 Å². The van der Waals surface area contributed by atoms with Crippen LogP contribution in [0.2, 0.25) is 10.0 Å².